The fraction of sp³-hybridized carbons (Fsp3) is 0.364. The third-order valence-electron chi connectivity index (χ3n) is 4.54. The first-order valence-electron chi connectivity index (χ1n) is 9.60. The molecule has 1 atom stereocenters. The molecule has 1 unspecified atom stereocenters. The lowest BCUT2D eigenvalue weighted by molar-refractivity contribution is -0.137. The van der Waals surface area contributed by atoms with E-state index in [-0.39, 0.29) is 12.1 Å². The lowest BCUT2D eigenvalue weighted by Gasteiger charge is -2.14. The van der Waals surface area contributed by atoms with Crippen LogP contribution in [0.25, 0.3) is 22.8 Å². The highest BCUT2D eigenvalue weighted by atomic mass is 16.5. The summed E-state index contributed by atoms with van der Waals surface area (Å²) in [4.78, 5) is 11.8. The minimum atomic E-state index is -0.373. The number of benzene rings is 1. The van der Waals surface area contributed by atoms with Gasteiger partial charge in [0.25, 0.3) is 0 Å². The zero-order chi connectivity index (χ0) is 21.0. The predicted molar refractivity (Wildman–Crippen MR) is 112 cm³/mol. The number of hydrogen-bond donors (Lipinski definition) is 0. The average molecular weight is 397 g/mol. The summed E-state index contributed by atoms with van der Waals surface area (Å²) in [5, 5.41) is 5.62. The monoisotopic (exact) mass is 397 g/mol. The zero-order valence-electron chi connectivity index (χ0n) is 17.5. The van der Waals surface area contributed by atoms with Crippen LogP contribution in [0.2, 0.25) is 0 Å². The molecule has 0 aliphatic rings. The Balaban J connectivity index is 2.03. The van der Waals surface area contributed by atoms with Crippen LogP contribution in [-0.2, 0) is 21.3 Å². The predicted octanol–water partition coefficient (Wildman–Crippen LogP) is 3.66. The Morgan fingerprint density at radius 1 is 1.31 bits per heavy atom. The van der Waals surface area contributed by atoms with Gasteiger partial charge < -0.3 is 18.8 Å². The van der Waals surface area contributed by atoms with Crippen LogP contribution in [0, 0.1) is 6.92 Å². The summed E-state index contributed by atoms with van der Waals surface area (Å²) >= 11 is 0. The third kappa shape index (κ3) is 4.51. The van der Waals surface area contributed by atoms with Crippen molar-refractivity contribution in [3.8, 4) is 11.6 Å². The number of esters is 1. The summed E-state index contributed by atoms with van der Waals surface area (Å²) < 4.78 is 20.0. The van der Waals surface area contributed by atoms with E-state index < -0.39 is 0 Å². The van der Waals surface area contributed by atoms with Crippen LogP contribution in [0.4, 0.5) is 0 Å². The summed E-state index contributed by atoms with van der Waals surface area (Å²) in [7, 11) is 3.54. The highest BCUT2D eigenvalue weighted by Gasteiger charge is 2.16. The van der Waals surface area contributed by atoms with E-state index in [0.717, 1.165) is 33.7 Å². The lowest BCUT2D eigenvalue weighted by atomic mass is 10.2. The van der Waals surface area contributed by atoms with Crippen molar-refractivity contribution in [3.05, 3.63) is 47.8 Å². The molecule has 0 saturated carbocycles. The molecular weight excluding hydrogens is 370 g/mol. The third-order valence-corrected chi connectivity index (χ3v) is 4.54. The molecule has 0 N–H and O–H groups in total. The van der Waals surface area contributed by atoms with Gasteiger partial charge in [0.1, 0.15) is 17.7 Å². The Kier molecular flexibility index (Phi) is 6.39. The van der Waals surface area contributed by atoms with Crippen molar-refractivity contribution >= 4 is 22.9 Å². The topological polar surface area (TPSA) is 67.5 Å². The van der Waals surface area contributed by atoms with E-state index in [9.17, 15) is 4.79 Å². The lowest BCUT2D eigenvalue weighted by Crippen LogP contribution is -2.17. The van der Waals surface area contributed by atoms with E-state index >= 15 is 0 Å². The molecule has 7 nitrogen and oxygen atoms in total. The molecule has 1 aromatic carbocycles. The molecule has 2 aromatic heterocycles. The number of carbonyl (C=O) groups excluding carboxylic acids is 1. The Hall–Kier alpha value is -3.06. The van der Waals surface area contributed by atoms with Gasteiger partial charge in [-0.1, -0.05) is 0 Å². The van der Waals surface area contributed by atoms with Crippen molar-refractivity contribution in [3.63, 3.8) is 0 Å². The maximum absolute atomic E-state index is 11.8. The van der Waals surface area contributed by atoms with Gasteiger partial charge in [0.05, 0.1) is 24.4 Å². The van der Waals surface area contributed by atoms with Crippen molar-refractivity contribution in [1.82, 2.24) is 14.3 Å². The van der Waals surface area contributed by atoms with Gasteiger partial charge in [-0.25, -0.2) is 4.79 Å². The number of rotatable bonds is 8. The number of nitrogens with zero attached hydrogens (tertiary/aromatic N) is 3. The number of fused-ring (bicyclic) bond motifs is 1. The maximum atomic E-state index is 11.8. The summed E-state index contributed by atoms with van der Waals surface area (Å²) in [6.07, 6.45) is 5.13. The standard InChI is InChI=1S/C22H27N3O4/c1-6-28-21(26)10-9-19-16(3)23-24(4)22(19)25-12-11-17-7-8-18(13-20(17)25)29-15(2)14-27-5/h7-13,15H,6,14H2,1-5H3/b10-9+. The Bertz CT molecular complexity index is 1030. The number of carbonyl (C=O) groups is 1. The molecule has 0 radical (unpaired) electrons. The minimum Gasteiger partial charge on any atom is -0.488 e. The van der Waals surface area contributed by atoms with Gasteiger partial charge >= 0.3 is 5.97 Å². The second-order valence-corrected chi connectivity index (χ2v) is 6.82. The van der Waals surface area contributed by atoms with E-state index in [2.05, 4.69) is 5.10 Å². The summed E-state index contributed by atoms with van der Waals surface area (Å²) in [5.74, 6) is 1.26. The average Bonchev–Trinajstić information content (AvgIpc) is 3.19. The number of aromatic nitrogens is 3. The van der Waals surface area contributed by atoms with E-state index in [1.807, 2.05) is 55.9 Å². The van der Waals surface area contributed by atoms with Gasteiger partial charge in [0.15, 0.2) is 0 Å². The maximum Gasteiger partial charge on any atom is 0.330 e. The van der Waals surface area contributed by atoms with Crippen LogP contribution in [0.15, 0.2) is 36.5 Å². The zero-order valence-corrected chi connectivity index (χ0v) is 17.5. The number of methoxy groups -OCH3 is 1. The summed E-state index contributed by atoms with van der Waals surface area (Å²) in [6.45, 7) is 6.53. The number of hydrogen-bond acceptors (Lipinski definition) is 5. The number of ether oxygens (including phenoxy) is 3. The van der Waals surface area contributed by atoms with Crippen LogP contribution in [0.5, 0.6) is 5.75 Å². The first-order valence-corrected chi connectivity index (χ1v) is 9.60. The summed E-state index contributed by atoms with van der Waals surface area (Å²) in [6, 6.07) is 8.02. The molecule has 0 fully saturated rings. The van der Waals surface area contributed by atoms with Gasteiger partial charge in [0, 0.05) is 43.4 Å². The molecule has 29 heavy (non-hydrogen) atoms. The van der Waals surface area contributed by atoms with Crippen molar-refractivity contribution < 1.29 is 19.0 Å². The molecule has 3 rings (SSSR count). The van der Waals surface area contributed by atoms with E-state index in [0.29, 0.717) is 13.2 Å². The van der Waals surface area contributed by atoms with Crippen LogP contribution >= 0.6 is 0 Å². The van der Waals surface area contributed by atoms with Crippen molar-refractivity contribution in [2.24, 2.45) is 7.05 Å². The van der Waals surface area contributed by atoms with Crippen LogP contribution in [0.3, 0.4) is 0 Å². The largest absolute Gasteiger partial charge is 0.488 e. The minimum absolute atomic E-state index is 0.0529. The van der Waals surface area contributed by atoms with Gasteiger partial charge in [-0.3, -0.25) is 4.68 Å². The summed E-state index contributed by atoms with van der Waals surface area (Å²) in [5.41, 5.74) is 2.67. The van der Waals surface area contributed by atoms with Gasteiger partial charge in [-0.05, 0) is 45.0 Å². The molecular formula is C22H27N3O4. The van der Waals surface area contributed by atoms with E-state index in [1.165, 1.54) is 6.08 Å². The van der Waals surface area contributed by atoms with Crippen molar-refractivity contribution in [1.29, 1.82) is 0 Å². The fourth-order valence-electron chi connectivity index (χ4n) is 3.35. The Labute approximate surface area is 170 Å². The molecule has 3 aromatic rings. The SMILES string of the molecule is CCOC(=O)/C=C/c1c(C)nn(C)c1-n1ccc2ccc(OC(C)COC)cc21. The first-order chi connectivity index (χ1) is 13.9. The van der Waals surface area contributed by atoms with E-state index in [4.69, 9.17) is 14.2 Å². The smallest absolute Gasteiger partial charge is 0.330 e. The Morgan fingerprint density at radius 2 is 2.10 bits per heavy atom. The molecule has 0 amide bonds. The normalized spacial score (nSPS) is 12.6. The quantitative estimate of drug-likeness (QED) is 0.429. The van der Waals surface area contributed by atoms with Crippen molar-refractivity contribution in [2.75, 3.05) is 20.3 Å². The molecule has 2 heterocycles. The van der Waals surface area contributed by atoms with E-state index in [1.54, 1.807) is 24.8 Å². The van der Waals surface area contributed by atoms with Gasteiger partial charge in [-0.2, -0.15) is 5.10 Å². The second-order valence-electron chi connectivity index (χ2n) is 6.82. The first kappa shape index (κ1) is 20.7. The molecule has 0 aliphatic carbocycles. The Morgan fingerprint density at radius 3 is 2.83 bits per heavy atom. The van der Waals surface area contributed by atoms with Crippen LogP contribution in [-0.4, -0.2) is 46.7 Å². The highest BCUT2D eigenvalue weighted by molar-refractivity contribution is 5.89. The molecule has 154 valence electrons. The van der Waals surface area contributed by atoms with Gasteiger partial charge in [-0.15, -0.1) is 0 Å². The molecule has 0 saturated heterocycles. The number of aryl methyl sites for hydroxylation is 2. The molecule has 0 aliphatic heterocycles. The van der Waals surface area contributed by atoms with Crippen LogP contribution < -0.4 is 4.74 Å². The molecule has 0 spiro atoms. The fourth-order valence-corrected chi connectivity index (χ4v) is 3.35. The van der Waals surface area contributed by atoms with Crippen LogP contribution in [0.1, 0.15) is 25.1 Å². The molecule has 7 heteroatoms. The van der Waals surface area contributed by atoms with Crippen molar-refractivity contribution in [2.45, 2.75) is 26.9 Å². The highest BCUT2D eigenvalue weighted by Crippen LogP contribution is 2.28. The van der Waals surface area contributed by atoms with Gasteiger partial charge in [0.2, 0.25) is 0 Å². The second kappa shape index (κ2) is 8.96. The molecule has 0 bridgehead atoms.